The predicted octanol–water partition coefficient (Wildman–Crippen LogP) is 8.20. The third-order valence-electron chi connectivity index (χ3n) is 8.72. The fourth-order valence-corrected chi connectivity index (χ4v) is 6.09. The van der Waals surface area contributed by atoms with E-state index in [0.29, 0.717) is 60.6 Å². The topological polar surface area (TPSA) is 143 Å². The van der Waals surface area contributed by atoms with Crippen LogP contribution in [-0.2, 0) is 16.0 Å². The van der Waals surface area contributed by atoms with Crippen LogP contribution >= 0.6 is 0 Å². The van der Waals surface area contributed by atoms with Gasteiger partial charge in [0.25, 0.3) is 0 Å². The van der Waals surface area contributed by atoms with Crippen LogP contribution in [0, 0.1) is 0 Å². The van der Waals surface area contributed by atoms with Crippen LogP contribution in [0.5, 0.6) is 17.2 Å². The number of hydrogen-bond donors (Lipinski definition) is 3. The summed E-state index contributed by atoms with van der Waals surface area (Å²) in [6.07, 6.45) is 15.3. The van der Waals surface area contributed by atoms with Gasteiger partial charge in [0.2, 0.25) is 0 Å². The summed E-state index contributed by atoms with van der Waals surface area (Å²) >= 11 is 0. The maximum absolute atomic E-state index is 12.2. The minimum absolute atomic E-state index is 0.168. The summed E-state index contributed by atoms with van der Waals surface area (Å²) in [4.78, 5) is 23.8. The number of carboxylic acid groups (broad SMARTS) is 1. The highest BCUT2D eigenvalue weighted by molar-refractivity contribution is 5.92. The fraction of sp³-hybridized carbons (Fsp3) is 0.436. The Labute approximate surface area is 284 Å². The van der Waals surface area contributed by atoms with E-state index in [4.69, 9.17) is 30.4 Å². The van der Waals surface area contributed by atoms with Gasteiger partial charge < -0.3 is 35.5 Å². The van der Waals surface area contributed by atoms with Gasteiger partial charge in [-0.2, -0.15) is 0 Å². The predicted molar refractivity (Wildman–Crippen MR) is 190 cm³/mol. The quantitative estimate of drug-likeness (QED) is 0.0502. The van der Waals surface area contributed by atoms with Gasteiger partial charge in [-0.25, -0.2) is 9.59 Å². The van der Waals surface area contributed by atoms with E-state index in [1.165, 1.54) is 49.8 Å². The first-order chi connectivity index (χ1) is 23.3. The summed E-state index contributed by atoms with van der Waals surface area (Å²) in [7, 11) is 1.58. The van der Waals surface area contributed by atoms with Crippen molar-refractivity contribution in [2.45, 2.75) is 83.0 Å². The molecular weight excluding hydrogens is 608 g/mol. The minimum atomic E-state index is -1.02. The molecular formula is C39H50N2O7. The zero-order valence-electron chi connectivity index (χ0n) is 28.1. The van der Waals surface area contributed by atoms with Crippen molar-refractivity contribution in [3.63, 3.8) is 0 Å². The Hall–Kier alpha value is -4.66. The minimum Gasteiger partial charge on any atom is -0.494 e. The molecule has 1 aliphatic rings. The van der Waals surface area contributed by atoms with Crippen molar-refractivity contribution in [1.82, 2.24) is 0 Å². The molecule has 0 unspecified atom stereocenters. The van der Waals surface area contributed by atoms with E-state index < -0.39 is 11.9 Å². The number of esters is 1. The number of carbonyl (C=O) groups is 2. The molecule has 0 heterocycles. The number of unbranched alkanes of at least 4 members (excludes halogenated alkanes) is 4. The van der Waals surface area contributed by atoms with Crippen LogP contribution in [0.25, 0.3) is 6.08 Å². The summed E-state index contributed by atoms with van der Waals surface area (Å²) in [5.74, 6) is 1.36. The molecule has 1 fully saturated rings. The van der Waals surface area contributed by atoms with Crippen LogP contribution in [0.3, 0.4) is 0 Å². The monoisotopic (exact) mass is 658 g/mol. The molecule has 5 N–H and O–H groups in total. The normalized spacial score (nSPS) is 13.4. The number of nitrogens with two attached hydrogens (primary N) is 2. The Kier molecular flexibility index (Phi) is 14.5. The second kappa shape index (κ2) is 19.2. The molecule has 0 atom stereocenters. The fourth-order valence-electron chi connectivity index (χ4n) is 6.09. The molecule has 0 aliphatic heterocycles. The first-order valence-electron chi connectivity index (χ1n) is 17.1. The van der Waals surface area contributed by atoms with E-state index in [2.05, 4.69) is 24.3 Å². The van der Waals surface area contributed by atoms with E-state index in [-0.39, 0.29) is 5.56 Å². The highest BCUT2D eigenvalue weighted by atomic mass is 16.5. The number of methoxy groups -OCH3 is 1. The van der Waals surface area contributed by atoms with Gasteiger partial charge in [-0.15, -0.1) is 0 Å². The Morgan fingerprint density at radius 3 is 2.27 bits per heavy atom. The molecule has 0 saturated heterocycles. The molecule has 9 nitrogen and oxygen atoms in total. The molecule has 0 aromatic heterocycles. The van der Waals surface area contributed by atoms with Crippen molar-refractivity contribution < 1.29 is 33.6 Å². The van der Waals surface area contributed by atoms with Gasteiger partial charge in [-0.3, -0.25) is 0 Å². The standard InChI is InChI=1S/C39H50N2O7/c1-45-37-25-28(14-20-36(37)47-23-8-3-2-7-13-33-34(39(43)44)26-31(40)27-35(33)41)15-21-38(42)48-24-10-9-22-46-32-18-16-30(17-19-32)29-11-5-4-6-12-29/h14-21,25-27,29H,2-13,22-24,40-41H2,1H3,(H,43,44)/b21-15+. The number of carboxylic acids is 1. The number of anilines is 2. The number of aromatic carboxylic acids is 1. The average Bonchev–Trinajstić information content (AvgIpc) is 3.09. The van der Waals surface area contributed by atoms with Crippen molar-refractivity contribution in [2.75, 3.05) is 38.4 Å². The number of nitrogen functional groups attached to an aromatic ring is 2. The van der Waals surface area contributed by atoms with Crippen LogP contribution in [0.1, 0.15) is 104 Å². The lowest BCUT2D eigenvalue weighted by Gasteiger charge is -2.22. The van der Waals surface area contributed by atoms with Crippen molar-refractivity contribution in [1.29, 1.82) is 0 Å². The van der Waals surface area contributed by atoms with Gasteiger partial charge in [0.1, 0.15) is 5.75 Å². The van der Waals surface area contributed by atoms with Crippen LogP contribution in [-0.4, -0.2) is 44.0 Å². The molecule has 3 aromatic rings. The van der Waals surface area contributed by atoms with Gasteiger partial charge >= 0.3 is 11.9 Å². The molecule has 1 aliphatic carbocycles. The third-order valence-corrected chi connectivity index (χ3v) is 8.72. The highest BCUT2D eigenvalue weighted by Gasteiger charge is 2.16. The van der Waals surface area contributed by atoms with Crippen molar-refractivity contribution in [3.05, 3.63) is 82.9 Å². The van der Waals surface area contributed by atoms with Gasteiger partial charge in [0.15, 0.2) is 11.5 Å². The zero-order chi connectivity index (χ0) is 34.1. The Bertz CT molecular complexity index is 1500. The summed E-state index contributed by atoms with van der Waals surface area (Å²) in [6.45, 7) is 1.43. The largest absolute Gasteiger partial charge is 0.494 e. The zero-order valence-corrected chi connectivity index (χ0v) is 28.1. The lowest BCUT2D eigenvalue weighted by molar-refractivity contribution is -0.137. The third kappa shape index (κ3) is 11.5. The smallest absolute Gasteiger partial charge is 0.336 e. The summed E-state index contributed by atoms with van der Waals surface area (Å²) in [5.41, 5.74) is 15.5. The SMILES string of the molecule is COc1cc(/C=C/C(=O)OCCCCOc2ccc(C3CCCCC3)cc2)ccc1OCCCCCCc1c(N)cc(N)cc1C(=O)O. The van der Waals surface area contributed by atoms with Crippen LogP contribution < -0.4 is 25.7 Å². The first kappa shape index (κ1) is 36.2. The Morgan fingerprint density at radius 2 is 1.52 bits per heavy atom. The first-order valence-corrected chi connectivity index (χ1v) is 17.1. The average molecular weight is 659 g/mol. The van der Waals surface area contributed by atoms with E-state index in [1.54, 1.807) is 19.3 Å². The lowest BCUT2D eigenvalue weighted by Crippen LogP contribution is -2.08. The summed E-state index contributed by atoms with van der Waals surface area (Å²) in [5, 5.41) is 9.46. The number of benzene rings is 3. The van der Waals surface area contributed by atoms with Crippen LogP contribution in [0.15, 0.2) is 60.7 Å². The van der Waals surface area contributed by atoms with Crippen molar-refractivity contribution >= 4 is 29.4 Å². The second-order valence-electron chi connectivity index (χ2n) is 12.3. The molecule has 4 rings (SSSR count). The van der Waals surface area contributed by atoms with Gasteiger partial charge in [-0.05, 0) is 110 Å². The van der Waals surface area contributed by atoms with E-state index in [9.17, 15) is 14.7 Å². The molecule has 258 valence electrons. The molecule has 0 amide bonds. The van der Waals surface area contributed by atoms with E-state index in [1.807, 2.05) is 18.2 Å². The van der Waals surface area contributed by atoms with E-state index in [0.717, 1.165) is 49.8 Å². The summed E-state index contributed by atoms with van der Waals surface area (Å²) in [6, 6.07) is 17.1. The van der Waals surface area contributed by atoms with Crippen LogP contribution in [0.4, 0.5) is 11.4 Å². The highest BCUT2D eigenvalue weighted by Crippen LogP contribution is 2.33. The van der Waals surface area contributed by atoms with Gasteiger partial charge in [-0.1, -0.05) is 50.3 Å². The van der Waals surface area contributed by atoms with Crippen LogP contribution in [0.2, 0.25) is 0 Å². The molecule has 0 spiro atoms. The second-order valence-corrected chi connectivity index (χ2v) is 12.3. The Balaban J connectivity index is 1.08. The molecule has 0 radical (unpaired) electrons. The van der Waals surface area contributed by atoms with Gasteiger partial charge in [0, 0.05) is 17.5 Å². The molecule has 0 bridgehead atoms. The maximum atomic E-state index is 12.2. The maximum Gasteiger partial charge on any atom is 0.336 e. The molecule has 9 heteroatoms. The lowest BCUT2D eigenvalue weighted by atomic mass is 9.84. The van der Waals surface area contributed by atoms with Gasteiger partial charge in [0.05, 0.1) is 32.5 Å². The molecule has 1 saturated carbocycles. The van der Waals surface area contributed by atoms with Crippen molar-refractivity contribution in [3.8, 4) is 17.2 Å². The van der Waals surface area contributed by atoms with E-state index >= 15 is 0 Å². The number of hydrogen-bond acceptors (Lipinski definition) is 8. The number of rotatable bonds is 19. The summed E-state index contributed by atoms with van der Waals surface area (Å²) < 4.78 is 22.7. The number of carbonyl (C=O) groups excluding carboxylic acids is 1. The molecule has 48 heavy (non-hydrogen) atoms. The molecule has 3 aromatic carbocycles. The Morgan fingerprint density at radius 1 is 0.812 bits per heavy atom. The number of ether oxygens (including phenoxy) is 4. The van der Waals surface area contributed by atoms with Crippen molar-refractivity contribution in [2.24, 2.45) is 0 Å².